The molecule has 6 nitrogen and oxygen atoms in total. The molecule has 33 heavy (non-hydrogen) atoms. The monoisotopic (exact) mass is 492 g/mol. The number of ether oxygens (including phenoxy) is 2. The van der Waals surface area contributed by atoms with Crippen molar-refractivity contribution in [1.29, 1.82) is 0 Å². The lowest BCUT2D eigenvalue weighted by Gasteiger charge is -2.56. The topological polar surface area (TPSA) is 79.8 Å². The number of carbonyl (C=O) groups excluding carboxylic acids is 1. The minimum atomic E-state index is -1.09. The summed E-state index contributed by atoms with van der Waals surface area (Å²) in [4.78, 5) is 12.6. The summed E-state index contributed by atoms with van der Waals surface area (Å²) in [6.07, 6.45) is 5.44. The zero-order valence-corrected chi connectivity index (χ0v) is 20.1. The van der Waals surface area contributed by atoms with Crippen molar-refractivity contribution in [2.24, 2.45) is 0 Å². The second kappa shape index (κ2) is 11.0. The van der Waals surface area contributed by atoms with E-state index in [1.54, 1.807) is 0 Å². The molecule has 0 aromatic rings. The largest absolute Gasteiger partial charge is 0.391 e. The quantitative estimate of drug-likeness (QED) is 0.340. The van der Waals surface area contributed by atoms with Crippen molar-refractivity contribution < 1.29 is 28.2 Å². The van der Waals surface area contributed by atoms with Crippen LogP contribution in [0.1, 0.15) is 77.0 Å². The molecule has 5 aliphatic rings. The Balaban J connectivity index is 1.17. The normalized spacial score (nSPS) is 43.4. The van der Waals surface area contributed by atoms with E-state index in [9.17, 15) is 18.7 Å². The molecule has 4 unspecified atom stereocenters. The molecule has 4 atom stereocenters. The Labute approximate surface area is 200 Å². The number of halogens is 3. The number of hydrogen-bond donors (Lipinski definition) is 3. The summed E-state index contributed by atoms with van der Waals surface area (Å²) in [6.45, 7) is 1.12. The van der Waals surface area contributed by atoms with Crippen LogP contribution in [0.3, 0.4) is 0 Å². The number of amides is 1. The molecular formula is C24H39ClF2N2O4. The van der Waals surface area contributed by atoms with E-state index in [1.165, 1.54) is 0 Å². The molecule has 190 valence electrons. The van der Waals surface area contributed by atoms with Crippen LogP contribution in [-0.4, -0.2) is 77.9 Å². The van der Waals surface area contributed by atoms with Crippen molar-refractivity contribution in [3.05, 3.63) is 0 Å². The molecule has 0 radical (unpaired) electrons. The molecule has 5 fully saturated rings. The van der Waals surface area contributed by atoms with Crippen molar-refractivity contribution in [2.75, 3.05) is 19.8 Å². The lowest BCUT2D eigenvalue weighted by Crippen LogP contribution is -2.69. The Hall–Kier alpha value is -0.540. The van der Waals surface area contributed by atoms with E-state index in [0.717, 1.165) is 38.5 Å². The van der Waals surface area contributed by atoms with E-state index in [1.807, 2.05) is 0 Å². The van der Waals surface area contributed by atoms with E-state index < -0.39 is 29.4 Å². The van der Waals surface area contributed by atoms with Crippen LogP contribution in [0.2, 0.25) is 0 Å². The molecule has 5 rings (SSSR count). The van der Waals surface area contributed by atoms with Crippen LogP contribution >= 0.6 is 11.6 Å². The Kier molecular flexibility index (Phi) is 8.53. The molecule has 0 heterocycles. The van der Waals surface area contributed by atoms with Gasteiger partial charge in [-0.2, -0.15) is 0 Å². The summed E-state index contributed by atoms with van der Waals surface area (Å²) in [7, 11) is 0. The summed E-state index contributed by atoms with van der Waals surface area (Å²) in [5.74, 6) is -0.204. The van der Waals surface area contributed by atoms with Gasteiger partial charge in [-0.15, -0.1) is 11.6 Å². The first-order valence-corrected chi connectivity index (χ1v) is 13.1. The highest BCUT2D eigenvalue weighted by Crippen LogP contribution is 2.47. The molecule has 3 N–H and O–H groups in total. The number of aliphatic hydroxyl groups excluding tert-OH is 1. The molecule has 0 aromatic carbocycles. The second-order valence-corrected chi connectivity index (χ2v) is 11.2. The SMILES string of the molecule is O=C(COC1CCC(Cl)C(F)C1)NC12CCC(NCCOC3CCC(F)CC3)(CC1)C(O)C2. The van der Waals surface area contributed by atoms with Crippen LogP contribution in [-0.2, 0) is 14.3 Å². The minimum Gasteiger partial charge on any atom is -0.391 e. The Bertz CT molecular complexity index is 656. The minimum absolute atomic E-state index is 0.0900. The Morgan fingerprint density at radius 1 is 1.00 bits per heavy atom. The molecule has 5 saturated carbocycles. The highest BCUT2D eigenvalue weighted by molar-refractivity contribution is 6.21. The second-order valence-electron chi connectivity index (χ2n) is 10.7. The molecule has 2 bridgehead atoms. The van der Waals surface area contributed by atoms with Gasteiger partial charge in [-0.05, 0) is 70.6 Å². The van der Waals surface area contributed by atoms with Crippen molar-refractivity contribution in [3.8, 4) is 0 Å². The number of alkyl halides is 3. The highest BCUT2D eigenvalue weighted by atomic mass is 35.5. The third kappa shape index (κ3) is 6.37. The first-order valence-electron chi connectivity index (χ1n) is 12.7. The van der Waals surface area contributed by atoms with E-state index >= 15 is 0 Å². The van der Waals surface area contributed by atoms with Crippen molar-refractivity contribution in [2.45, 2.75) is 124 Å². The molecular weight excluding hydrogens is 454 g/mol. The Morgan fingerprint density at radius 2 is 1.70 bits per heavy atom. The van der Waals surface area contributed by atoms with Crippen LogP contribution < -0.4 is 10.6 Å². The van der Waals surface area contributed by atoms with Gasteiger partial charge in [-0.1, -0.05) is 0 Å². The zero-order valence-electron chi connectivity index (χ0n) is 19.4. The molecule has 0 aliphatic heterocycles. The number of aliphatic hydroxyl groups is 1. The van der Waals surface area contributed by atoms with Crippen molar-refractivity contribution in [1.82, 2.24) is 10.6 Å². The fourth-order valence-corrected chi connectivity index (χ4v) is 6.41. The first kappa shape index (κ1) is 25.5. The lowest BCUT2D eigenvalue weighted by atomic mass is 9.60. The number of fused-ring (bicyclic) bond motifs is 3. The van der Waals surface area contributed by atoms with Gasteiger partial charge >= 0.3 is 0 Å². The van der Waals surface area contributed by atoms with Gasteiger partial charge < -0.3 is 25.2 Å². The van der Waals surface area contributed by atoms with Gasteiger partial charge in [-0.3, -0.25) is 4.79 Å². The van der Waals surface area contributed by atoms with Crippen LogP contribution in [0.25, 0.3) is 0 Å². The van der Waals surface area contributed by atoms with Gasteiger partial charge in [0, 0.05) is 24.0 Å². The van der Waals surface area contributed by atoms with Gasteiger partial charge in [0.25, 0.3) is 0 Å². The van der Waals surface area contributed by atoms with E-state index in [-0.39, 0.29) is 36.7 Å². The Morgan fingerprint density at radius 3 is 2.36 bits per heavy atom. The molecule has 1 amide bonds. The highest BCUT2D eigenvalue weighted by Gasteiger charge is 2.54. The first-order chi connectivity index (χ1) is 15.8. The number of nitrogens with one attached hydrogen (secondary N) is 2. The lowest BCUT2D eigenvalue weighted by molar-refractivity contribution is -0.135. The summed E-state index contributed by atoms with van der Waals surface area (Å²) < 4.78 is 38.6. The fraction of sp³-hybridized carbons (Fsp3) is 0.958. The van der Waals surface area contributed by atoms with Crippen LogP contribution in [0, 0.1) is 0 Å². The summed E-state index contributed by atoms with van der Waals surface area (Å²) in [6, 6.07) is 0. The number of carbonyl (C=O) groups is 1. The van der Waals surface area contributed by atoms with Gasteiger partial charge in [0.2, 0.25) is 5.91 Å². The fourth-order valence-electron chi connectivity index (χ4n) is 6.18. The van der Waals surface area contributed by atoms with E-state index in [2.05, 4.69) is 10.6 Å². The van der Waals surface area contributed by atoms with Gasteiger partial charge in [0.1, 0.15) is 19.0 Å². The maximum absolute atomic E-state index is 13.8. The third-order valence-corrected chi connectivity index (χ3v) is 8.85. The summed E-state index contributed by atoms with van der Waals surface area (Å²) in [5, 5.41) is 17.1. The van der Waals surface area contributed by atoms with Crippen LogP contribution in [0.15, 0.2) is 0 Å². The average Bonchev–Trinajstić information content (AvgIpc) is 2.80. The van der Waals surface area contributed by atoms with Gasteiger partial charge in [-0.25, -0.2) is 8.78 Å². The molecule has 0 spiro atoms. The maximum Gasteiger partial charge on any atom is 0.246 e. The van der Waals surface area contributed by atoms with Gasteiger partial charge in [0.15, 0.2) is 0 Å². The summed E-state index contributed by atoms with van der Waals surface area (Å²) >= 11 is 5.91. The van der Waals surface area contributed by atoms with Crippen LogP contribution in [0.4, 0.5) is 8.78 Å². The smallest absolute Gasteiger partial charge is 0.246 e. The molecule has 0 saturated heterocycles. The van der Waals surface area contributed by atoms with E-state index in [4.69, 9.17) is 21.1 Å². The predicted molar refractivity (Wildman–Crippen MR) is 122 cm³/mol. The maximum atomic E-state index is 13.8. The predicted octanol–water partition coefficient (Wildman–Crippen LogP) is 3.32. The van der Waals surface area contributed by atoms with Crippen LogP contribution in [0.5, 0.6) is 0 Å². The van der Waals surface area contributed by atoms with Crippen molar-refractivity contribution >= 4 is 17.5 Å². The number of rotatable bonds is 9. The third-order valence-electron chi connectivity index (χ3n) is 8.36. The number of hydrogen-bond acceptors (Lipinski definition) is 5. The standard InChI is InChI=1S/C24H39ClF2N2O4/c25-19-6-5-18(13-20(19)27)33-15-22(31)29-23-7-9-24(10-8-23,21(30)14-23)28-11-12-32-17-3-1-16(26)2-4-17/h16-21,28,30H,1-15H2,(H,29,31). The molecule has 0 aromatic heterocycles. The van der Waals surface area contributed by atoms with E-state index in [0.29, 0.717) is 45.3 Å². The average molecular weight is 493 g/mol. The molecule has 9 heteroatoms. The zero-order chi connectivity index (χ0) is 23.5. The van der Waals surface area contributed by atoms with Gasteiger partial charge in [0.05, 0.1) is 30.3 Å². The summed E-state index contributed by atoms with van der Waals surface area (Å²) in [5.41, 5.74) is -0.736. The van der Waals surface area contributed by atoms with Crippen molar-refractivity contribution in [3.63, 3.8) is 0 Å². The molecule has 5 aliphatic carbocycles.